The van der Waals surface area contributed by atoms with Crippen LogP contribution in [0.3, 0.4) is 0 Å². The van der Waals surface area contributed by atoms with E-state index in [1.165, 1.54) is 0 Å². The number of ether oxygens (including phenoxy) is 1. The molecule has 0 N–H and O–H groups in total. The topological polar surface area (TPSA) is 26.3 Å². The average Bonchev–Trinajstić information content (AvgIpc) is 2.40. The van der Waals surface area contributed by atoms with E-state index in [-0.39, 0.29) is 12.3 Å². The lowest BCUT2D eigenvalue weighted by Gasteiger charge is -2.28. The summed E-state index contributed by atoms with van der Waals surface area (Å²) in [6.45, 7) is 8.58. The van der Waals surface area contributed by atoms with Crippen LogP contribution in [0.1, 0.15) is 73.1 Å². The number of halogens is 7. The lowest BCUT2D eigenvalue weighted by atomic mass is 9.90. The van der Waals surface area contributed by atoms with Gasteiger partial charge in [-0.3, -0.25) is 4.79 Å². The Balaban J connectivity index is 4.96. The van der Waals surface area contributed by atoms with Crippen LogP contribution in [0.2, 0.25) is 0 Å². The third-order valence-corrected chi connectivity index (χ3v) is 4.25. The molecule has 0 bridgehead atoms. The highest BCUT2D eigenvalue weighted by Crippen LogP contribution is 2.41. The summed E-state index contributed by atoms with van der Waals surface area (Å²) in [6.07, 6.45) is -11.7. The lowest BCUT2D eigenvalue weighted by molar-refractivity contribution is -0.207. The first-order valence-corrected chi connectivity index (χ1v) is 8.92. The van der Waals surface area contributed by atoms with Gasteiger partial charge < -0.3 is 4.74 Å². The minimum Gasteiger partial charge on any atom is -0.462 e. The lowest BCUT2D eigenvalue weighted by Crippen LogP contribution is -2.35. The molecule has 0 radical (unpaired) electrons. The van der Waals surface area contributed by atoms with Crippen molar-refractivity contribution in [3.8, 4) is 0 Å². The first-order valence-electron chi connectivity index (χ1n) is 8.92. The van der Waals surface area contributed by atoms with Gasteiger partial charge in [0.05, 0.1) is 11.8 Å². The Morgan fingerprint density at radius 1 is 0.926 bits per heavy atom. The van der Waals surface area contributed by atoms with E-state index in [2.05, 4.69) is 0 Å². The molecular formula is C18H29F7O2. The molecule has 9 heteroatoms. The monoisotopic (exact) mass is 410 g/mol. The molecule has 0 aromatic rings. The molecule has 0 amide bonds. The van der Waals surface area contributed by atoms with Crippen LogP contribution >= 0.6 is 0 Å². The van der Waals surface area contributed by atoms with Crippen molar-refractivity contribution in [2.24, 2.45) is 11.3 Å². The van der Waals surface area contributed by atoms with E-state index >= 15 is 0 Å². The predicted octanol–water partition coefficient (Wildman–Crippen LogP) is 6.77. The van der Waals surface area contributed by atoms with Crippen molar-refractivity contribution < 1.29 is 40.3 Å². The Morgan fingerprint density at radius 2 is 1.44 bits per heavy atom. The van der Waals surface area contributed by atoms with Gasteiger partial charge in [0.15, 0.2) is 0 Å². The Morgan fingerprint density at radius 3 is 1.85 bits per heavy atom. The summed E-state index contributed by atoms with van der Waals surface area (Å²) < 4.78 is 95.8. The van der Waals surface area contributed by atoms with Gasteiger partial charge in [-0.2, -0.15) is 13.2 Å². The van der Waals surface area contributed by atoms with Crippen molar-refractivity contribution in [2.75, 3.05) is 0 Å². The molecule has 0 saturated heterocycles. The van der Waals surface area contributed by atoms with E-state index in [0.29, 0.717) is 6.42 Å². The molecule has 0 heterocycles. The van der Waals surface area contributed by atoms with Gasteiger partial charge >= 0.3 is 12.1 Å². The quantitative estimate of drug-likeness (QED) is 0.277. The molecule has 162 valence electrons. The van der Waals surface area contributed by atoms with Gasteiger partial charge in [0.1, 0.15) is 12.5 Å². The molecule has 0 aromatic carbocycles. The van der Waals surface area contributed by atoms with Crippen molar-refractivity contribution in [3.05, 3.63) is 0 Å². The van der Waals surface area contributed by atoms with Gasteiger partial charge in [-0.05, 0) is 39.0 Å². The Hall–Kier alpha value is -1.02. The molecule has 0 rings (SSSR count). The molecule has 2 nitrogen and oxygen atoms in total. The highest BCUT2D eigenvalue weighted by Gasteiger charge is 2.49. The highest BCUT2D eigenvalue weighted by molar-refractivity contribution is 5.75. The summed E-state index contributed by atoms with van der Waals surface area (Å²) in [4.78, 5) is 12.1. The number of rotatable bonds is 11. The predicted molar refractivity (Wildman–Crippen MR) is 87.8 cm³/mol. The fourth-order valence-electron chi connectivity index (χ4n) is 2.40. The van der Waals surface area contributed by atoms with Crippen molar-refractivity contribution >= 4 is 5.97 Å². The van der Waals surface area contributed by atoms with Crippen molar-refractivity contribution in [1.82, 2.24) is 0 Å². The maximum Gasteiger partial charge on any atom is 0.394 e. The van der Waals surface area contributed by atoms with Gasteiger partial charge in [0.25, 0.3) is 11.8 Å². The second-order valence-electron chi connectivity index (χ2n) is 8.11. The minimum atomic E-state index is -5.24. The number of hydrogen-bond acceptors (Lipinski definition) is 2. The molecule has 0 spiro atoms. The Labute approximate surface area is 155 Å². The van der Waals surface area contributed by atoms with Gasteiger partial charge in [0, 0.05) is 6.42 Å². The van der Waals surface area contributed by atoms with E-state index in [4.69, 9.17) is 4.74 Å². The van der Waals surface area contributed by atoms with Crippen molar-refractivity contribution in [3.63, 3.8) is 0 Å². The SMILES string of the molecule is CCC(C)(C)C(=O)OC(CCC(F)(F)CC(F)(F)CC(F)(F)F)CC(C)C. The van der Waals surface area contributed by atoms with Crippen LogP contribution in [0.4, 0.5) is 30.7 Å². The summed E-state index contributed by atoms with van der Waals surface area (Å²) in [5.74, 6) is -9.15. The van der Waals surface area contributed by atoms with E-state index in [9.17, 15) is 35.5 Å². The van der Waals surface area contributed by atoms with Crippen LogP contribution in [-0.4, -0.2) is 30.1 Å². The van der Waals surface area contributed by atoms with Crippen molar-refractivity contribution in [2.45, 2.75) is 97.3 Å². The third-order valence-electron chi connectivity index (χ3n) is 4.25. The van der Waals surface area contributed by atoms with Gasteiger partial charge in [-0.15, -0.1) is 0 Å². The maximum absolute atomic E-state index is 13.8. The largest absolute Gasteiger partial charge is 0.462 e. The van der Waals surface area contributed by atoms with E-state index < -0.39 is 61.2 Å². The fraction of sp³-hybridized carbons (Fsp3) is 0.944. The molecule has 1 atom stereocenters. The fourth-order valence-corrected chi connectivity index (χ4v) is 2.40. The summed E-state index contributed by atoms with van der Waals surface area (Å²) in [5.41, 5.74) is -0.822. The number of hydrogen-bond donors (Lipinski definition) is 0. The first-order chi connectivity index (χ1) is 11.9. The van der Waals surface area contributed by atoms with Crippen LogP contribution in [0.25, 0.3) is 0 Å². The third kappa shape index (κ3) is 11.4. The molecule has 0 aromatic heterocycles. The number of alkyl halides is 7. The van der Waals surface area contributed by atoms with Gasteiger partial charge in [-0.1, -0.05) is 20.8 Å². The summed E-state index contributed by atoms with van der Waals surface area (Å²) in [7, 11) is 0. The van der Waals surface area contributed by atoms with Crippen LogP contribution < -0.4 is 0 Å². The van der Waals surface area contributed by atoms with Gasteiger partial charge in [0.2, 0.25) is 0 Å². The summed E-state index contributed by atoms with van der Waals surface area (Å²) in [5, 5.41) is 0. The highest BCUT2D eigenvalue weighted by atomic mass is 19.4. The molecule has 27 heavy (non-hydrogen) atoms. The maximum atomic E-state index is 13.8. The van der Waals surface area contributed by atoms with Crippen LogP contribution in [0.5, 0.6) is 0 Å². The normalized spacial score (nSPS) is 15.1. The van der Waals surface area contributed by atoms with Crippen LogP contribution in [0, 0.1) is 11.3 Å². The molecule has 0 saturated carbocycles. The zero-order chi connectivity index (χ0) is 21.7. The molecule has 1 unspecified atom stereocenters. The Bertz CT molecular complexity index is 471. The molecular weight excluding hydrogens is 381 g/mol. The average molecular weight is 410 g/mol. The molecule has 0 aliphatic heterocycles. The van der Waals surface area contributed by atoms with E-state index in [0.717, 1.165) is 0 Å². The summed E-state index contributed by atoms with van der Waals surface area (Å²) >= 11 is 0. The number of carbonyl (C=O) groups is 1. The van der Waals surface area contributed by atoms with Crippen LogP contribution in [0.15, 0.2) is 0 Å². The smallest absolute Gasteiger partial charge is 0.394 e. The molecule has 0 fully saturated rings. The van der Waals surface area contributed by atoms with Crippen molar-refractivity contribution in [1.29, 1.82) is 0 Å². The first kappa shape index (κ1) is 26.0. The number of esters is 1. The zero-order valence-corrected chi connectivity index (χ0v) is 16.4. The van der Waals surface area contributed by atoms with E-state index in [1.807, 2.05) is 0 Å². The minimum absolute atomic E-state index is 0.00664. The second kappa shape index (κ2) is 9.45. The Kier molecular flexibility index (Phi) is 9.10. The van der Waals surface area contributed by atoms with Gasteiger partial charge in [-0.25, -0.2) is 17.6 Å². The molecule has 0 aliphatic carbocycles. The zero-order valence-electron chi connectivity index (χ0n) is 16.4. The van der Waals surface area contributed by atoms with E-state index in [1.54, 1.807) is 34.6 Å². The number of carbonyl (C=O) groups excluding carboxylic acids is 1. The standard InChI is InChI=1S/C18H29F7O2/c1-6-15(4,5)14(26)27-13(9-12(2)3)7-8-16(19,20)10-17(21,22)11-18(23,24)25/h12-13H,6-11H2,1-5H3. The second-order valence-corrected chi connectivity index (χ2v) is 8.11. The summed E-state index contributed by atoms with van der Waals surface area (Å²) in [6, 6.07) is 0. The van der Waals surface area contributed by atoms with Crippen LogP contribution in [-0.2, 0) is 9.53 Å². The molecule has 0 aliphatic rings.